The average Bonchev–Trinajstić information content (AvgIpc) is 2.82. The molecule has 17 heavy (non-hydrogen) atoms. The SMILES string of the molecule is Nc1ccc2c(c1)CCC(NC1CCCC1)C2. The summed E-state index contributed by atoms with van der Waals surface area (Å²) in [4.78, 5) is 0. The van der Waals surface area contributed by atoms with Crippen molar-refractivity contribution in [3.05, 3.63) is 29.3 Å². The first-order valence-corrected chi connectivity index (χ1v) is 6.94. The molecular formula is C15H22N2. The van der Waals surface area contributed by atoms with Crippen LogP contribution in [0.15, 0.2) is 18.2 Å². The summed E-state index contributed by atoms with van der Waals surface area (Å²) in [7, 11) is 0. The number of hydrogen-bond donors (Lipinski definition) is 2. The van der Waals surface area contributed by atoms with Gasteiger partial charge in [-0.05, 0) is 55.4 Å². The van der Waals surface area contributed by atoms with E-state index < -0.39 is 0 Å². The Morgan fingerprint density at radius 3 is 2.65 bits per heavy atom. The molecule has 1 aromatic carbocycles. The lowest BCUT2D eigenvalue weighted by Gasteiger charge is -2.28. The van der Waals surface area contributed by atoms with Crippen molar-refractivity contribution in [3.8, 4) is 0 Å². The van der Waals surface area contributed by atoms with Gasteiger partial charge < -0.3 is 11.1 Å². The number of anilines is 1. The number of nitrogens with two attached hydrogens (primary N) is 1. The van der Waals surface area contributed by atoms with Crippen LogP contribution < -0.4 is 11.1 Å². The Balaban J connectivity index is 1.65. The zero-order valence-corrected chi connectivity index (χ0v) is 10.4. The molecule has 3 N–H and O–H groups in total. The zero-order valence-electron chi connectivity index (χ0n) is 10.4. The molecule has 2 heteroatoms. The van der Waals surface area contributed by atoms with E-state index in [1.807, 2.05) is 6.07 Å². The first-order chi connectivity index (χ1) is 8.31. The Kier molecular flexibility index (Phi) is 3.06. The van der Waals surface area contributed by atoms with Crippen LogP contribution in [0.1, 0.15) is 43.2 Å². The smallest absolute Gasteiger partial charge is 0.0316 e. The topological polar surface area (TPSA) is 38.0 Å². The van der Waals surface area contributed by atoms with Crippen molar-refractivity contribution in [1.82, 2.24) is 5.32 Å². The van der Waals surface area contributed by atoms with Crippen LogP contribution in [0.4, 0.5) is 5.69 Å². The molecule has 0 bridgehead atoms. The van der Waals surface area contributed by atoms with Gasteiger partial charge in [0.1, 0.15) is 0 Å². The van der Waals surface area contributed by atoms with Crippen molar-refractivity contribution in [2.45, 2.75) is 57.0 Å². The van der Waals surface area contributed by atoms with E-state index in [4.69, 9.17) is 5.73 Å². The van der Waals surface area contributed by atoms with Gasteiger partial charge >= 0.3 is 0 Å². The Labute approximate surface area is 104 Å². The number of rotatable bonds is 2. The number of hydrogen-bond acceptors (Lipinski definition) is 2. The zero-order chi connectivity index (χ0) is 11.7. The van der Waals surface area contributed by atoms with Gasteiger partial charge in [-0.2, -0.15) is 0 Å². The Bertz CT molecular complexity index is 394. The first kappa shape index (κ1) is 11.1. The molecule has 2 aliphatic carbocycles. The lowest BCUT2D eigenvalue weighted by Crippen LogP contribution is -2.40. The molecule has 0 saturated heterocycles. The molecule has 92 valence electrons. The lowest BCUT2D eigenvalue weighted by molar-refractivity contribution is 0.396. The molecule has 0 heterocycles. The highest BCUT2D eigenvalue weighted by Crippen LogP contribution is 2.25. The van der Waals surface area contributed by atoms with Crippen molar-refractivity contribution >= 4 is 5.69 Å². The highest BCUT2D eigenvalue weighted by Gasteiger charge is 2.23. The third-order valence-corrected chi connectivity index (χ3v) is 4.29. The summed E-state index contributed by atoms with van der Waals surface area (Å²) in [6.07, 6.45) is 9.23. The molecule has 1 unspecified atom stereocenters. The van der Waals surface area contributed by atoms with E-state index in [0.717, 1.165) is 11.7 Å². The van der Waals surface area contributed by atoms with Gasteiger partial charge in [0.05, 0.1) is 0 Å². The van der Waals surface area contributed by atoms with Gasteiger partial charge in [0.2, 0.25) is 0 Å². The van der Waals surface area contributed by atoms with Gasteiger partial charge in [-0.3, -0.25) is 0 Å². The molecule has 0 aromatic heterocycles. The van der Waals surface area contributed by atoms with E-state index >= 15 is 0 Å². The number of aryl methyl sites for hydroxylation is 1. The molecule has 1 saturated carbocycles. The van der Waals surface area contributed by atoms with Crippen molar-refractivity contribution in [1.29, 1.82) is 0 Å². The van der Waals surface area contributed by atoms with Crippen molar-refractivity contribution in [3.63, 3.8) is 0 Å². The predicted molar refractivity (Wildman–Crippen MR) is 72.1 cm³/mol. The summed E-state index contributed by atoms with van der Waals surface area (Å²) in [6, 6.07) is 7.88. The molecular weight excluding hydrogens is 208 g/mol. The van der Waals surface area contributed by atoms with Crippen LogP contribution in [0.25, 0.3) is 0 Å². The molecule has 1 fully saturated rings. The molecule has 1 aromatic rings. The second kappa shape index (κ2) is 4.69. The van der Waals surface area contributed by atoms with Gasteiger partial charge in [-0.1, -0.05) is 18.9 Å². The maximum atomic E-state index is 5.83. The fourth-order valence-electron chi connectivity index (χ4n) is 3.34. The molecule has 2 aliphatic rings. The van der Waals surface area contributed by atoms with E-state index in [2.05, 4.69) is 17.4 Å². The summed E-state index contributed by atoms with van der Waals surface area (Å²) >= 11 is 0. The molecule has 0 aliphatic heterocycles. The molecule has 2 nitrogen and oxygen atoms in total. The first-order valence-electron chi connectivity index (χ1n) is 6.94. The van der Waals surface area contributed by atoms with Crippen molar-refractivity contribution in [2.24, 2.45) is 0 Å². The van der Waals surface area contributed by atoms with E-state index in [0.29, 0.717) is 6.04 Å². The number of nitrogen functional groups attached to an aromatic ring is 1. The fourth-order valence-corrected chi connectivity index (χ4v) is 3.34. The maximum absolute atomic E-state index is 5.83. The minimum Gasteiger partial charge on any atom is -0.399 e. The van der Waals surface area contributed by atoms with Gasteiger partial charge in [-0.25, -0.2) is 0 Å². The maximum Gasteiger partial charge on any atom is 0.0316 e. The summed E-state index contributed by atoms with van der Waals surface area (Å²) in [5.74, 6) is 0. The standard InChI is InChI=1S/C15H22N2/c16-13-7-5-12-10-15(8-6-11(12)9-13)17-14-3-1-2-4-14/h5,7,9,14-15,17H,1-4,6,8,10,16H2. The summed E-state index contributed by atoms with van der Waals surface area (Å²) in [6.45, 7) is 0. The number of fused-ring (bicyclic) bond motifs is 1. The Morgan fingerprint density at radius 1 is 1.00 bits per heavy atom. The van der Waals surface area contributed by atoms with Crippen molar-refractivity contribution in [2.75, 3.05) is 5.73 Å². The van der Waals surface area contributed by atoms with Gasteiger partial charge in [0, 0.05) is 17.8 Å². The normalized spacial score (nSPS) is 24.8. The quantitative estimate of drug-likeness (QED) is 0.767. The minimum absolute atomic E-state index is 0.689. The van der Waals surface area contributed by atoms with Crippen molar-refractivity contribution < 1.29 is 0 Å². The minimum atomic E-state index is 0.689. The highest BCUT2D eigenvalue weighted by molar-refractivity contribution is 5.46. The van der Waals surface area contributed by atoms with Crippen LogP contribution in [-0.2, 0) is 12.8 Å². The van der Waals surface area contributed by atoms with Gasteiger partial charge in [0.15, 0.2) is 0 Å². The second-order valence-electron chi connectivity index (χ2n) is 5.62. The predicted octanol–water partition coefficient (Wildman–Crippen LogP) is 2.66. The Hall–Kier alpha value is -1.02. The molecule has 1 atom stereocenters. The molecule has 0 spiro atoms. The summed E-state index contributed by atoms with van der Waals surface area (Å²) in [5.41, 5.74) is 9.71. The highest BCUT2D eigenvalue weighted by atomic mass is 15.0. The number of benzene rings is 1. The second-order valence-corrected chi connectivity index (χ2v) is 5.62. The largest absolute Gasteiger partial charge is 0.399 e. The van der Waals surface area contributed by atoms with Crippen LogP contribution in [0.3, 0.4) is 0 Å². The Morgan fingerprint density at radius 2 is 1.82 bits per heavy atom. The molecule has 0 amide bonds. The van der Waals surface area contributed by atoms with Crippen LogP contribution >= 0.6 is 0 Å². The van der Waals surface area contributed by atoms with E-state index in [1.54, 1.807) is 0 Å². The average molecular weight is 230 g/mol. The van der Waals surface area contributed by atoms with E-state index in [-0.39, 0.29) is 0 Å². The summed E-state index contributed by atoms with van der Waals surface area (Å²) < 4.78 is 0. The van der Waals surface area contributed by atoms with Crippen LogP contribution in [0, 0.1) is 0 Å². The van der Waals surface area contributed by atoms with Crippen LogP contribution in [-0.4, -0.2) is 12.1 Å². The fraction of sp³-hybridized carbons (Fsp3) is 0.600. The number of nitrogens with one attached hydrogen (secondary N) is 1. The monoisotopic (exact) mass is 230 g/mol. The molecule has 3 rings (SSSR count). The lowest BCUT2D eigenvalue weighted by atomic mass is 9.87. The van der Waals surface area contributed by atoms with E-state index in [9.17, 15) is 0 Å². The molecule has 0 radical (unpaired) electrons. The third-order valence-electron chi connectivity index (χ3n) is 4.29. The van der Waals surface area contributed by atoms with Crippen LogP contribution in [0.2, 0.25) is 0 Å². The van der Waals surface area contributed by atoms with Crippen LogP contribution in [0.5, 0.6) is 0 Å². The summed E-state index contributed by atoms with van der Waals surface area (Å²) in [5, 5.41) is 3.84. The van der Waals surface area contributed by atoms with Gasteiger partial charge in [0.25, 0.3) is 0 Å². The third kappa shape index (κ3) is 2.47. The van der Waals surface area contributed by atoms with E-state index in [1.165, 1.54) is 56.1 Å². The van der Waals surface area contributed by atoms with Gasteiger partial charge in [-0.15, -0.1) is 0 Å².